The molecule has 4 N–H and O–H groups in total. The standard InChI is InChI=1S/C32H38OSi2.C5H12O4/c1-31(2,3)34(27-19-11-7-12-20-27,28-21-13-8-14-22-28)33-35(32(4,5)6,29-23-15-9-16-24-29)30-25-17-10-18-26-30;6-1-5(2-7,3-8)4-9/h7-26H,1-6H3;6-9H,1-4H2. The van der Waals surface area contributed by atoms with Crippen molar-refractivity contribution in [2.24, 2.45) is 5.41 Å². The summed E-state index contributed by atoms with van der Waals surface area (Å²) in [7, 11) is -5.60. The maximum Gasteiger partial charge on any atom is 0.251 e. The highest BCUT2D eigenvalue weighted by atomic mass is 28.4. The van der Waals surface area contributed by atoms with E-state index in [0.717, 1.165) is 0 Å². The SMILES string of the molecule is CC(C)(C)[Si](O[Si](c1ccccc1)(c1ccccc1)C(C)(C)C)(c1ccccc1)c1ccccc1.OCC(CO)(CO)CO. The topological polar surface area (TPSA) is 90.2 Å². The molecule has 0 saturated carbocycles. The lowest BCUT2D eigenvalue weighted by Gasteiger charge is -2.53. The molecule has 0 aliphatic rings. The van der Waals surface area contributed by atoms with Gasteiger partial charge in [0.1, 0.15) is 0 Å². The van der Waals surface area contributed by atoms with Crippen LogP contribution in [-0.2, 0) is 4.12 Å². The first-order chi connectivity index (χ1) is 20.9. The fraction of sp³-hybridized carbons (Fsp3) is 0.351. The molecule has 0 aliphatic carbocycles. The van der Waals surface area contributed by atoms with Gasteiger partial charge in [-0.3, -0.25) is 0 Å². The largest absolute Gasteiger partial charge is 0.441 e. The van der Waals surface area contributed by atoms with Gasteiger partial charge >= 0.3 is 0 Å². The third kappa shape index (κ3) is 7.15. The maximum atomic E-state index is 8.50. The molecule has 0 heterocycles. The van der Waals surface area contributed by atoms with Gasteiger partial charge < -0.3 is 24.5 Å². The van der Waals surface area contributed by atoms with Crippen LogP contribution in [0.2, 0.25) is 10.1 Å². The Morgan fingerprint density at radius 3 is 0.750 bits per heavy atom. The summed E-state index contributed by atoms with van der Waals surface area (Å²) < 4.78 is 8.18. The van der Waals surface area contributed by atoms with Crippen LogP contribution < -0.4 is 20.7 Å². The van der Waals surface area contributed by atoms with E-state index in [1.54, 1.807) is 0 Å². The first kappa shape index (κ1) is 35.6. The van der Waals surface area contributed by atoms with E-state index >= 15 is 0 Å². The van der Waals surface area contributed by atoms with Crippen LogP contribution in [0.25, 0.3) is 0 Å². The van der Waals surface area contributed by atoms with Crippen molar-refractivity contribution in [2.75, 3.05) is 26.4 Å². The molecule has 0 radical (unpaired) electrons. The molecule has 7 heteroatoms. The number of aliphatic hydroxyl groups is 4. The van der Waals surface area contributed by atoms with Crippen LogP contribution >= 0.6 is 0 Å². The van der Waals surface area contributed by atoms with E-state index in [0.29, 0.717) is 0 Å². The second kappa shape index (κ2) is 14.9. The smallest absolute Gasteiger partial charge is 0.251 e. The van der Waals surface area contributed by atoms with Gasteiger partial charge in [-0.25, -0.2) is 0 Å². The Morgan fingerprint density at radius 1 is 0.409 bits per heavy atom. The third-order valence-corrected chi connectivity index (χ3v) is 19.7. The van der Waals surface area contributed by atoms with Crippen molar-refractivity contribution in [1.29, 1.82) is 0 Å². The average Bonchev–Trinajstić information content (AvgIpc) is 3.04. The fourth-order valence-electron chi connectivity index (χ4n) is 5.83. The lowest BCUT2D eigenvalue weighted by molar-refractivity contribution is -0.0328. The average molecular weight is 631 g/mol. The summed E-state index contributed by atoms with van der Waals surface area (Å²) >= 11 is 0. The van der Waals surface area contributed by atoms with Crippen molar-refractivity contribution in [3.05, 3.63) is 121 Å². The molecule has 44 heavy (non-hydrogen) atoms. The molecule has 0 aliphatic heterocycles. The fourth-order valence-corrected chi connectivity index (χ4v) is 18.8. The van der Waals surface area contributed by atoms with Crippen LogP contribution in [-0.4, -0.2) is 63.5 Å². The van der Waals surface area contributed by atoms with Gasteiger partial charge in [-0.15, -0.1) is 0 Å². The molecular formula is C37H50O5Si2. The Balaban J connectivity index is 0.000000512. The predicted molar refractivity (Wildman–Crippen MR) is 187 cm³/mol. The monoisotopic (exact) mass is 630 g/mol. The molecular weight excluding hydrogens is 581 g/mol. The Bertz CT molecular complexity index is 1190. The van der Waals surface area contributed by atoms with Crippen molar-refractivity contribution < 1.29 is 24.5 Å². The molecule has 0 saturated heterocycles. The van der Waals surface area contributed by atoms with Gasteiger partial charge in [0.25, 0.3) is 16.6 Å². The second-order valence-electron chi connectivity index (χ2n) is 13.6. The molecule has 0 spiro atoms. The molecule has 0 fully saturated rings. The molecule has 5 nitrogen and oxygen atoms in total. The number of aliphatic hydroxyl groups excluding tert-OH is 4. The van der Waals surface area contributed by atoms with Crippen molar-refractivity contribution >= 4 is 37.4 Å². The number of rotatable bonds is 10. The zero-order valence-corrected chi connectivity index (χ0v) is 29.1. The molecule has 236 valence electrons. The van der Waals surface area contributed by atoms with Gasteiger partial charge in [0.2, 0.25) is 0 Å². The van der Waals surface area contributed by atoms with E-state index in [9.17, 15) is 0 Å². The Labute approximate surface area is 266 Å². The molecule has 4 aromatic rings. The van der Waals surface area contributed by atoms with Crippen LogP contribution in [0.3, 0.4) is 0 Å². The highest BCUT2D eigenvalue weighted by Gasteiger charge is 2.60. The Kier molecular flexibility index (Phi) is 12.1. The van der Waals surface area contributed by atoms with E-state index in [4.69, 9.17) is 24.5 Å². The van der Waals surface area contributed by atoms with E-state index in [1.165, 1.54) is 20.7 Å². The van der Waals surface area contributed by atoms with Crippen molar-refractivity contribution in [3.8, 4) is 0 Å². The van der Waals surface area contributed by atoms with E-state index in [-0.39, 0.29) is 10.1 Å². The second-order valence-corrected chi connectivity index (χ2v) is 22.4. The predicted octanol–water partition coefficient (Wildman–Crippen LogP) is 4.07. The number of hydrogen-bond donors (Lipinski definition) is 4. The van der Waals surface area contributed by atoms with Crippen LogP contribution in [0.15, 0.2) is 121 Å². The molecule has 0 amide bonds. The van der Waals surface area contributed by atoms with Gasteiger partial charge in [-0.05, 0) is 30.8 Å². The molecule has 0 atom stereocenters. The van der Waals surface area contributed by atoms with Gasteiger partial charge in [-0.2, -0.15) is 0 Å². The first-order valence-corrected chi connectivity index (χ1v) is 19.0. The third-order valence-electron chi connectivity index (χ3n) is 8.48. The Morgan fingerprint density at radius 2 is 0.614 bits per heavy atom. The minimum atomic E-state index is -2.80. The zero-order chi connectivity index (χ0) is 32.5. The van der Waals surface area contributed by atoms with Crippen molar-refractivity contribution in [2.45, 2.75) is 51.6 Å². The van der Waals surface area contributed by atoms with E-state index in [1.807, 2.05) is 0 Å². The minimum absolute atomic E-state index is 0.0945. The van der Waals surface area contributed by atoms with Crippen molar-refractivity contribution in [3.63, 3.8) is 0 Å². The van der Waals surface area contributed by atoms with Gasteiger partial charge in [0, 0.05) is 0 Å². The molecule has 4 aromatic carbocycles. The van der Waals surface area contributed by atoms with Gasteiger partial charge in [0.15, 0.2) is 0 Å². The maximum absolute atomic E-state index is 8.50. The number of benzene rings is 4. The van der Waals surface area contributed by atoms with Crippen LogP contribution in [0.5, 0.6) is 0 Å². The highest BCUT2D eigenvalue weighted by Crippen LogP contribution is 2.44. The summed E-state index contributed by atoms with van der Waals surface area (Å²) in [6.07, 6.45) is 0. The van der Waals surface area contributed by atoms with Crippen molar-refractivity contribution in [1.82, 2.24) is 0 Å². The number of hydrogen-bond acceptors (Lipinski definition) is 5. The quantitative estimate of drug-likeness (QED) is 0.199. The summed E-state index contributed by atoms with van der Waals surface area (Å²) in [6.45, 7) is 12.6. The first-order valence-electron chi connectivity index (χ1n) is 15.2. The van der Waals surface area contributed by atoms with Gasteiger partial charge in [0.05, 0.1) is 31.8 Å². The molecule has 0 unspecified atom stereocenters. The van der Waals surface area contributed by atoms with Crippen LogP contribution in [0.4, 0.5) is 0 Å². The lowest BCUT2D eigenvalue weighted by atomic mass is 9.93. The summed E-state index contributed by atoms with van der Waals surface area (Å²) in [5.41, 5.74) is -1.11. The lowest BCUT2D eigenvalue weighted by Crippen LogP contribution is -2.78. The highest BCUT2D eigenvalue weighted by molar-refractivity contribution is 7.11. The summed E-state index contributed by atoms with van der Waals surface area (Å²) in [6, 6.07) is 44.1. The molecule has 4 rings (SSSR count). The normalized spacial score (nSPS) is 12.8. The minimum Gasteiger partial charge on any atom is -0.441 e. The zero-order valence-electron chi connectivity index (χ0n) is 27.1. The molecule has 0 aromatic heterocycles. The summed E-state index contributed by atoms with van der Waals surface area (Å²) in [5, 5.41) is 39.1. The Hall–Kier alpha value is -2.89. The van der Waals surface area contributed by atoms with Crippen LogP contribution in [0, 0.1) is 5.41 Å². The van der Waals surface area contributed by atoms with Crippen LogP contribution in [0.1, 0.15) is 41.5 Å². The summed E-state index contributed by atoms with van der Waals surface area (Å²) in [5.74, 6) is 0. The van der Waals surface area contributed by atoms with Gasteiger partial charge in [-0.1, -0.05) is 163 Å². The summed E-state index contributed by atoms with van der Waals surface area (Å²) in [4.78, 5) is 0. The van der Waals surface area contributed by atoms with E-state index < -0.39 is 48.5 Å². The molecule has 0 bridgehead atoms. The van der Waals surface area contributed by atoms with E-state index in [2.05, 4.69) is 163 Å².